The average Bonchev–Trinajstić information content (AvgIpc) is 2.48. The van der Waals surface area contributed by atoms with Gasteiger partial charge in [0.2, 0.25) is 5.91 Å². The second kappa shape index (κ2) is 7.60. The highest BCUT2D eigenvalue weighted by molar-refractivity contribution is 5.75. The molecule has 1 fully saturated rings. The Morgan fingerprint density at radius 3 is 3.12 bits per heavy atom. The van der Waals surface area contributed by atoms with Crippen LogP contribution in [0, 0.1) is 0 Å². The zero-order chi connectivity index (χ0) is 11.8. The Hall–Kier alpha value is -0.650. The average molecular weight is 229 g/mol. The Bertz CT molecular complexity index is 211. The number of carbonyl (C=O) groups is 1. The first kappa shape index (κ1) is 13.4. The minimum absolute atomic E-state index is 0.0763. The third-order valence-electron chi connectivity index (χ3n) is 2.83. The SMILES string of the molecule is CC1CN(CCCCC(=O)NN)CCCO1. The lowest BCUT2D eigenvalue weighted by Gasteiger charge is -2.21. The van der Waals surface area contributed by atoms with Crippen molar-refractivity contribution in [3.63, 3.8) is 0 Å². The van der Waals surface area contributed by atoms with Crippen LogP contribution >= 0.6 is 0 Å². The maximum Gasteiger partial charge on any atom is 0.233 e. The van der Waals surface area contributed by atoms with Crippen LogP contribution in [0.25, 0.3) is 0 Å². The van der Waals surface area contributed by atoms with Gasteiger partial charge in [-0.15, -0.1) is 0 Å². The van der Waals surface area contributed by atoms with Gasteiger partial charge in [0.1, 0.15) is 0 Å². The van der Waals surface area contributed by atoms with Crippen LogP contribution in [-0.4, -0.2) is 43.2 Å². The van der Waals surface area contributed by atoms with E-state index in [0.29, 0.717) is 12.5 Å². The molecule has 5 nitrogen and oxygen atoms in total. The summed E-state index contributed by atoms with van der Waals surface area (Å²) in [4.78, 5) is 13.3. The van der Waals surface area contributed by atoms with E-state index in [-0.39, 0.29) is 5.91 Å². The molecule has 0 aromatic carbocycles. The van der Waals surface area contributed by atoms with Crippen LogP contribution in [0.5, 0.6) is 0 Å². The predicted octanol–water partition coefficient (Wildman–Crippen LogP) is 0.257. The molecule has 3 N–H and O–H groups in total. The highest BCUT2D eigenvalue weighted by atomic mass is 16.5. The first-order chi connectivity index (χ1) is 7.72. The molecule has 0 saturated carbocycles. The number of rotatable bonds is 5. The molecule has 94 valence electrons. The van der Waals surface area contributed by atoms with E-state index in [1.165, 1.54) is 0 Å². The van der Waals surface area contributed by atoms with E-state index in [1.807, 2.05) is 0 Å². The molecule has 0 spiro atoms. The number of amides is 1. The van der Waals surface area contributed by atoms with Crippen LogP contribution in [-0.2, 0) is 9.53 Å². The van der Waals surface area contributed by atoms with Gasteiger partial charge in [-0.1, -0.05) is 0 Å². The molecular formula is C11H23N3O2. The molecule has 1 amide bonds. The molecule has 5 heteroatoms. The van der Waals surface area contributed by atoms with E-state index in [4.69, 9.17) is 10.6 Å². The van der Waals surface area contributed by atoms with Crippen LogP contribution in [0.15, 0.2) is 0 Å². The number of nitrogens with zero attached hydrogens (tertiary/aromatic N) is 1. The Kier molecular flexibility index (Phi) is 6.37. The second-order valence-corrected chi connectivity index (χ2v) is 4.36. The number of hydrazine groups is 1. The number of hydrogen-bond donors (Lipinski definition) is 2. The molecule has 1 aliphatic heterocycles. The number of nitrogens with two attached hydrogens (primary N) is 1. The normalized spacial score (nSPS) is 22.8. The molecule has 1 saturated heterocycles. The fourth-order valence-electron chi connectivity index (χ4n) is 1.98. The largest absolute Gasteiger partial charge is 0.377 e. The van der Waals surface area contributed by atoms with Gasteiger partial charge in [-0.2, -0.15) is 0 Å². The lowest BCUT2D eigenvalue weighted by atomic mass is 10.2. The van der Waals surface area contributed by atoms with E-state index in [0.717, 1.165) is 45.5 Å². The summed E-state index contributed by atoms with van der Waals surface area (Å²) in [6.07, 6.45) is 3.90. The van der Waals surface area contributed by atoms with Gasteiger partial charge >= 0.3 is 0 Å². The predicted molar refractivity (Wildman–Crippen MR) is 62.7 cm³/mol. The highest BCUT2D eigenvalue weighted by Crippen LogP contribution is 2.07. The van der Waals surface area contributed by atoms with Crippen LogP contribution in [0.4, 0.5) is 0 Å². The first-order valence-corrected chi connectivity index (χ1v) is 6.06. The molecule has 0 aromatic heterocycles. The molecule has 0 bridgehead atoms. The Balaban J connectivity index is 2.09. The van der Waals surface area contributed by atoms with E-state index in [9.17, 15) is 4.79 Å². The molecule has 0 aliphatic carbocycles. The van der Waals surface area contributed by atoms with Gasteiger partial charge in [0.25, 0.3) is 0 Å². The van der Waals surface area contributed by atoms with Crippen LogP contribution in [0.1, 0.15) is 32.6 Å². The van der Waals surface area contributed by atoms with Crippen molar-refractivity contribution in [3.05, 3.63) is 0 Å². The smallest absolute Gasteiger partial charge is 0.233 e. The van der Waals surface area contributed by atoms with E-state index in [1.54, 1.807) is 0 Å². The van der Waals surface area contributed by atoms with Gasteiger partial charge in [0, 0.05) is 26.1 Å². The maximum absolute atomic E-state index is 10.9. The number of nitrogens with one attached hydrogen (secondary N) is 1. The zero-order valence-corrected chi connectivity index (χ0v) is 10.1. The summed E-state index contributed by atoms with van der Waals surface area (Å²) >= 11 is 0. The van der Waals surface area contributed by atoms with Gasteiger partial charge in [-0.3, -0.25) is 10.2 Å². The zero-order valence-electron chi connectivity index (χ0n) is 10.1. The van der Waals surface area contributed by atoms with Crippen molar-refractivity contribution in [2.45, 2.75) is 38.7 Å². The molecular weight excluding hydrogens is 206 g/mol. The molecule has 1 aliphatic rings. The number of carbonyl (C=O) groups excluding carboxylic acids is 1. The van der Waals surface area contributed by atoms with E-state index >= 15 is 0 Å². The second-order valence-electron chi connectivity index (χ2n) is 4.36. The van der Waals surface area contributed by atoms with E-state index in [2.05, 4.69) is 17.2 Å². The summed E-state index contributed by atoms with van der Waals surface area (Å²) in [7, 11) is 0. The summed E-state index contributed by atoms with van der Waals surface area (Å²) in [6.45, 7) is 6.13. The summed E-state index contributed by atoms with van der Waals surface area (Å²) in [6, 6.07) is 0. The summed E-state index contributed by atoms with van der Waals surface area (Å²) < 4.78 is 5.57. The fraction of sp³-hybridized carbons (Fsp3) is 0.909. The first-order valence-electron chi connectivity index (χ1n) is 6.06. The topological polar surface area (TPSA) is 67.6 Å². The van der Waals surface area contributed by atoms with Crippen LogP contribution < -0.4 is 11.3 Å². The minimum atomic E-state index is -0.0763. The quantitative estimate of drug-likeness (QED) is 0.307. The van der Waals surface area contributed by atoms with Gasteiger partial charge in [0.05, 0.1) is 6.10 Å². The van der Waals surface area contributed by atoms with Crippen LogP contribution in [0.2, 0.25) is 0 Å². The standard InChI is InChI=1S/C11H23N3O2/c1-10-9-14(7-4-8-16-10)6-3-2-5-11(15)13-12/h10H,2-9,12H2,1H3,(H,13,15). The number of ether oxygens (including phenoxy) is 1. The van der Waals surface area contributed by atoms with Gasteiger partial charge < -0.3 is 9.64 Å². The molecule has 0 radical (unpaired) electrons. The minimum Gasteiger partial charge on any atom is -0.377 e. The van der Waals surface area contributed by atoms with Crippen molar-refractivity contribution in [1.29, 1.82) is 0 Å². The summed E-state index contributed by atoms with van der Waals surface area (Å²) in [5.74, 6) is 4.93. The van der Waals surface area contributed by atoms with Crippen molar-refractivity contribution in [1.82, 2.24) is 10.3 Å². The summed E-state index contributed by atoms with van der Waals surface area (Å²) in [5, 5.41) is 0. The van der Waals surface area contributed by atoms with Crippen molar-refractivity contribution in [3.8, 4) is 0 Å². The lowest BCUT2D eigenvalue weighted by Crippen LogP contribution is -2.32. The Labute approximate surface area is 97.3 Å². The Morgan fingerprint density at radius 2 is 2.38 bits per heavy atom. The fourth-order valence-corrected chi connectivity index (χ4v) is 1.98. The van der Waals surface area contributed by atoms with Crippen molar-refractivity contribution in [2.24, 2.45) is 5.84 Å². The van der Waals surface area contributed by atoms with E-state index < -0.39 is 0 Å². The molecule has 1 heterocycles. The van der Waals surface area contributed by atoms with Crippen molar-refractivity contribution >= 4 is 5.91 Å². The third-order valence-corrected chi connectivity index (χ3v) is 2.83. The number of hydrogen-bond acceptors (Lipinski definition) is 4. The van der Waals surface area contributed by atoms with Gasteiger partial charge in [-0.05, 0) is 32.7 Å². The molecule has 1 atom stereocenters. The lowest BCUT2D eigenvalue weighted by molar-refractivity contribution is -0.121. The number of unbranched alkanes of at least 4 members (excludes halogenated alkanes) is 1. The van der Waals surface area contributed by atoms with Gasteiger partial charge in [0.15, 0.2) is 0 Å². The van der Waals surface area contributed by atoms with Crippen molar-refractivity contribution < 1.29 is 9.53 Å². The van der Waals surface area contributed by atoms with Gasteiger partial charge in [-0.25, -0.2) is 5.84 Å². The molecule has 1 rings (SSSR count). The maximum atomic E-state index is 10.9. The molecule has 0 aromatic rings. The summed E-state index contributed by atoms with van der Waals surface area (Å²) in [5.41, 5.74) is 2.15. The van der Waals surface area contributed by atoms with Crippen LogP contribution in [0.3, 0.4) is 0 Å². The monoisotopic (exact) mass is 229 g/mol. The van der Waals surface area contributed by atoms with Crippen molar-refractivity contribution in [2.75, 3.05) is 26.2 Å². The third kappa shape index (κ3) is 5.44. The highest BCUT2D eigenvalue weighted by Gasteiger charge is 2.14. The Morgan fingerprint density at radius 1 is 1.56 bits per heavy atom. The molecule has 16 heavy (non-hydrogen) atoms. The molecule has 1 unspecified atom stereocenters.